The first-order valence-corrected chi connectivity index (χ1v) is 7.84. The van der Waals surface area contributed by atoms with E-state index in [9.17, 15) is 9.50 Å². The van der Waals surface area contributed by atoms with Crippen LogP contribution in [0.1, 0.15) is 24.1 Å². The fraction of sp³-hybridized carbons (Fsp3) is 0.333. The maximum atomic E-state index is 14.9. The zero-order valence-electron chi connectivity index (χ0n) is 11.4. The Balaban J connectivity index is 2.08. The number of imidazole rings is 1. The van der Waals surface area contributed by atoms with Crippen molar-refractivity contribution in [1.29, 1.82) is 5.26 Å². The van der Waals surface area contributed by atoms with Crippen LogP contribution in [0, 0.1) is 11.3 Å². The second kappa shape index (κ2) is 5.34. The Morgan fingerprint density at radius 2 is 2.27 bits per heavy atom. The summed E-state index contributed by atoms with van der Waals surface area (Å²) in [7, 11) is 0. The molecule has 1 aromatic carbocycles. The molecule has 114 valence electrons. The van der Waals surface area contributed by atoms with Crippen molar-refractivity contribution in [2.75, 3.05) is 0 Å². The number of aliphatic hydroxyl groups is 1. The first-order chi connectivity index (χ1) is 10.4. The standard InChI is InChI=1S/C15H12BrClFN3O/c16-10-1-2-12(13(17)5-10)15(22,14(18)3-4-14)8-21-9-20-7-11(21)6-19/h1-2,5,7,9,22H,3-4,8H2. The Morgan fingerprint density at radius 3 is 2.86 bits per heavy atom. The zero-order chi connectivity index (χ0) is 16.0. The summed E-state index contributed by atoms with van der Waals surface area (Å²) in [6, 6.07) is 6.90. The van der Waals surface area contributed by atoms with Crippen molar-refractivity contribution in [3.8, 4) is 6.07 Å². The maximum Gasteiger partial charge on any atom is 0.145 e. The van der Waals surface area contributed by atoms with E-state index in [0.717, 1.165) is 4.47 Å². The van der Waals surface area contributed by atoms with Crippen LogP contribution in [-0.2, 0) is 12.1 Å². The van der Waals surface area contributed by atoms with Gasteiger partial charge in [0.1, 0.15) is 23.0 Å². The number of benzene rings is 1. The molecule has 1 aromatic heterocycles. The van der Waals surface area contributed by atoms with Gasteiger partial charge in [-0.15, -0.1) is 0 Å². The second-order valence-corrected chi connectivity index (χ2v) is 6.79. The summed E-state index contributed by atoms with van der Waals surface area (Å²) in [5.41, 5.74) is -2.98. The molecule has 0 amide bonds. The Hall–Kier alpha value is -1.42. The molecule has 7 heteroatoms. The molecule has 0 spiro atoms. The highest BCUT2D eigenvalue weighted by Gasteiger charge is 2.61. The van der Waals surface area contributed by atoms with E-state index in [-0.39, 0.29) is 30.1 Å². The van der Waals surface area contributed by atoms with Crippen LogP contribution in [0.5, 0.6) is 0 Å². The van der Waals surface area contributed by atoms with E-state index in [2.05, 4.69) is 20.9 Å². The quantitative estimate of drug-likeness (QED) is 0.877. The summed E-state index contributed by atoms with van der Waals surface area (Å²) in [6.45, 7) is -0.117. The van der Waals surface area contributed by atoms with E-state index in [1.165, 1.54) is 17.1 Å². The van der Waals surface area contributed by atoms with Crippen LogP contribution >= 0.6 is 27.5 Å². The smallest absolute Gasteiger partial charge is 0.145 e. The molecule has 1 aliphatic carbocycles. The zero-order valence-corrected chi connectivity index (χ0v) is 13.8. The molecule has 0 saturated heterocycles. The molecule has 1 N–H and O–H groups in total. The molecule has 3 rings (SSSR count). The summed E-state index contributed by atoms with van der Waals surface area (Å²) in [5.74, 6) is 0. The lowest BCUT2D eigenvalue weighted by molar-refractivity contribution is -0.0697. The fourth-order valence-electron chi connectivity index (χ4n) is 2.60. The van der Waals surface area contributed by atoms with Gasteiger partial charge in [-0.2, -0.15) is 5.26 Å². The van der Waals surface area contributed by atoms with Gasteiger partial charge in [0.2, 0.25) is 0 Å². The number of nitrogens with zero attached hydrogens (tertiary/aromatic N) is 3. The van der Waals surface area contributed by atoms with Gasteiger partial charge in [-0.25, -0.2) is 9.37 Å². The average molecular weight is 385 g/mol. The monoisotopic (exact) mass is 383 g/mol. The maximum absolute atomic E-state index is 14.9. The molecule has 0 radical (unpaired) electrons. The van der Waals surface area contributed by atoms with Crippen LogP contribution in [0.2, 0.25) is 5.02 Å². The van der Waals surface area contributed by atoms with Crippen molar-refractivity contribution in [3.05, 3.63) is 51.5 Å². The van der Waals surface area contributed by atoms with Gasteiger partial charge in [0.15, 0.2) is 0 Å². The predicted molar refractivity (Wildman–Crippen MR) is 83.1 cm³/mol. The van der Waals surface area contributed by atoms with Crippen molar-refractivity contribution in [3.63, 3.8) is 0 Å². The van der Waals surface area contributed by atoms with Crippen LogP contribution in [0.4, 0.5) is 4.39 Å². The van der Waals surface area contributed by atoms with Gasteiger partial charge in [-0.1, -0.05) is 33.6 Å². The van der Waals surface area contributed by atoms with Gasteiger partial charge in [0.05, 0.1) is 19.1 Å². The van der Waals surface area contributed by atoms with Gasteiger partial charge in [-0.3, -0.25) is 0 Å². The van der Waals surface area contributed by atoms with Crippen molar-refractivity contribution in [2.24, 2.45) is 0 Å². The largest absolute Gasteiger partial charge is 0.380 e. The Labute approximate surface area is 140 Å². The van der Waals surface area contributed by atoms with Crippen molar-refractivity contribution < 1.29 is 9.50 Å². The number of hydrogen-bond donors (Lipinski definition) is 1. The molecular formula is C15H12BrClFN3O. The molecule has 1 fully saturated rings. The number of halogens is 3. The lowest BCUT2D eigenvalue weighted by atomic mass is 9.86. The predicted octanol–water partition coefficient (Wildman–Crippen LogP) is 3.56. The summed E-state index contributed by atoms with van der Waals surface area (Å²) in [4.78, 5) is 3.88. The summed E-state index contributed by atoms with van der Waals surface area (Å²) < 4.78 is 17.1. The van der Waals surface area contributed by atoms with Crippen LogP contribution in [0.3, 0.4) is 0 Å². The van der Waals surface area contributed by atoms with E-state index in [4.69, 9.17) is 16.9 Å². The molecule has 1 aliphatic rings. The summed E-state index contributed by atoms with van der Waals surface area (Å²) in [6.07, 6.45) is 3.29. The number of alkyl halides is 1. The second-order valence-electron chi connectivity index (χ2n) is 5.47. The highest BCUT2D eigenvalue weighted by atomic mass is 79.9. The van der Waals surface area contributed by atoms with Crippen LogP contribution in [0.15, 0.2) is 35.2 Å². The number of rotatable bonds is 4. The molecular weight excluding hydrogens is 373 g/mol. The normalized spacial score (nSPS) is 18.5. The molecule has 1 saturated carbocycles. The van der Waals surface area contributed by atoms with E-state index in [1.54, 1.807) is 18.2 Å². The number of hydrogen-bond acceptors (Lipinski definition) is 3. The molecule has 4 nitrogen and oxygen atoms in total. The molecule has 1 heterocycles. The molecule has 1 unspecified atom stereocenters. The first kappa shape index (κ1) is 15.5. The lowest BCUT2D eigenvalue weighted by Gasteiger charge is -2.33. The Bertz CT molecular complexity index is 768. The average Bonchev–Trinajstić information content (AvgIpc) is 3.07. The number of nitriles is 1. The van der Waals surface area contributed by atoms with Crippen molar-refractivity contribution in [1.82, 2.24) is 9.55 Å². The Kier molecular flexibility index (Phi) is 3.76. The van der Waals surface area contributed by atoms with Gasteiger partial charge in [0, 0.05) is 15.1 Å². The third-order valence-electron chi connectivity index (χ3n) is 4.03. The van der Waals surface area contributed by atoms with E-state index >= 15 is 0 Å². The minimum Gasteiger partial charge on any atom is -0.380 e. The van der Waals surface area contributed by atoms with Gasteiger partial charge in [0.25, 0.3) is 0 Å². The highest BCUT2D eigenvalue weighted by molar-refractivity contribution is 9.10. The molecule has 2 aromatic rings. The molecule has 1 atom stereocenters. The highest BCUT2D eigenvalue weighted by Crippen LogP contribution is 2.55. The van der Waals surface area contributed by atoms with E-state index < -0.39 is 11.3 Å². The lowest BCUT2D eigenvalue weighted by Crippen LogP contribution is -2.43. The first-order valence-electron chi connectivity index (χ1n) is 6.67. The third-order valence-corrected chi connectivity index (χ3v) is 4.84. The van der Waals surface area contributed by atoms with Crippen LogP contribution in [0.25, 0.3) is 0 Å². The SMILES string of the molecule is N#Cc1cncn1CC(O)(c1ccc(Br)cc1Cl)C1(F)CC1. The van der Waals surface area contributed by atoms with Gasteiger partial charge >= 0.3 is 0 Å². The number of aromatic nitrogens is 2. The molecule has 0 bridgehead atoms. The van der Waals surface area contributed by atoms with Crippen molar-refractivity contribution in [2.45, 2.75) is 30.7 Å². The van der Waals surface area contributed by atoms with Crippen LogP contribution in [-0.4, -0.2) is 20.3 Å². The van der Waals surface area contributed by atoms with Gasteiger partial charge < -0.3 is 9.67 Å². The minimum atomic E-state index is -1.81. The summed E-state index contributed by atoms with van der Waals surface area (Å²) >= 11 is 9.51. The molecule has 0 aliphatic heterocycles. The Morgan fingerprint density at radius 1 is 1.55 bits per heavy atom. The minimum absolute atomic E-state index is 0.117. The fourth-order valence-corrected chi connectivity index (χ4v) is 3.43. The van der Waals surface area contributed by atoms with Crippen molar-refractivity contribution >= 4 is 27.5 Å². The van der Waals surface area contributed by atoms with Gasteiger partial charge in [-0.05, 0) is 25.0 Å². The van der Waals surface area contributed by atoms with E-state index in [0.29, 0.717) is 5.56 Å². The topological polar surface area (TPSA) is 61.8 Å². The molecule has 22 heavy (non-hydrogen) atoms. The van der Waals surface area contributed by atoms with Crippen LogP contribution < -0.4 is 0 Å². The third kappa shape index (κ3) is 2.43. The summed E-state index contributed by atoms with van der Waals surface area (Å²) in [5, 5.41) is 20.5. The van der Waals surface area contributed by atoms with E-state index in [1.807, 2.05) is 6.07 Å².